The highest BCUT2D eigenvalue weighted by Crippen LogP contribution is 1.91. The van der Waals surface area contributed by atoms with Crippen LogP contribution in [-0.4, -0.2) is 22.4 Å². The molecule has 1 aromatic heterocycles. The minimum Gasteiger partial charge on any atom is -0.329 e. The van der Waals surface area contributed by atoms with Gasteiger partial charge < -0.3 is 10.3 Å². The average Bonchev–Trinajstić information content (AvgIpc) is 2.36. The molecule has 0 aromatic carbocycles. The molecule has 0 aliphatic rings. The highest BCUT2D eigenvalue weighted by atomic mass is 16.1. The van der Waals surface area contributed by atoms with Gasteiger partial charge in [0.15, 0.2) is 12.1 Å². The van der Waals surface area contributed by atoms with Crippen LogP contribution in [0.25, 0.3) is 0 Å². The van der Waals surface area contributed by atoms with Gasteiger partial charge in [-0.3, -0.25) is 4.79 Å². The number of imidazole rings is 1. The van der Waals surface area contributed by atoms with Crippen LogP contribution in [0.1, 0.15) is 10.6 Å². The lowest BCUT2D eigenvalue weighted by Gasteiger charge is -1.98. The quantitative estimate of drug-likeness (QED) is 0.582. The molecular formula is C6H9N3O. The molecule has 0 unspecified atom stereocenters. The van der Waals surface area contributed by atoms with Gasteiger partial charge in [0.1, 0.15) is 0 Å². The van der Waals surface area contributed by atoms with Gasteiger partial charge in [0.05, 0.1) is 0 Å². The molecule has 54 valence electrons. The second-order valence-corrected chi connectivity index (χ2v) is 1.89. The van der Waals surface area contributed by atoms with Crippen molar-refractivity contribution in [2.24, 2.45) is 5.73 Å². The summed E-state index contributed by atoms with van der Waals surface area (Å²) in [6.45, 7) is 1.17. The van der Waals surface area contributed by atoms with Crippen LogP contribution in [0.15, 0.2) is 12.4 Å². The van der Waals surface area contributed by atoms with Crippen LogP contribution >= 0.6 is 0 Å². The molecule has 10 heavy (non-hydrogen) atoms. The van der Waals surface area contributed by atoms with E-state index < -0.39 is 0 Å². The first-order chi connectivity index (χ1) is 4.88. The summed E-state index contributed by atoms with van der Waals surface area (Å²) in [4.78, 5) is 14.0. The summed E-state index contributed by atoms with van der Waals surface area (Å²) < 4.78 is 1.72. The van der Waals surface area contributed by atoms with Crippen LogP contribution in [-0.2, 0) is 6.54 Å². The third-order valence-electron chi connectivity index (χ3n) is 1.22. The number of hydrogen-bond donors (Lipinski definition) is 1. The Bertz CT molecular complexity index is 219. The van der Waals surface area contributed by atoms with Gasteiger partial charge in [0.2, 0.25) is 0 Å². The van der Waals surface area contributed by atoms with Crippen molar-refractivity contribution in [3.8, 4) is 0 Å². The Morgan fingerprint density at radius 2 is 2.60 bits per heavy atom. The molecule has 0 fully saturated rings. The van der Waals surface area contributed by atoms with E-state index in [-0.39, 0.29) is 0 Å². The summed E-state index contributed by atoms with van der Waals surface area (Å²) >= 11 is 0. The van der Waals surface area contributed by atoms with E-state index >= 15 is 0 Å². The van der Waals surface area contributed by atoms with E-state index in [2.05, 4.69) is 4.98 Å². The number of hydrogen-bond acceptors (Lipinski definition) is 3. The minimum atomic E-state index is 0.436. The molecule has 0 aliphatic carbocycles. The Morgan fingerprint density at radius 3 is 3.20 bits per heavy atom. The van der Waals surface area contributed by atoms with Gasteiger partial charge in [-0.25, -0.2) is 4.98 Å². The first-order valence-electron chi connectivity index (χ1n) is 3.05. The molecule has 2 N–H and O–H groups in total. The number of carbonyl (C=O) groups excluding carboxylic acids is 1. The average molecular weight is 139 g/mol. The predicted octanol–water partition coefficient (Wildman–Crippen LogP) is -0.346. The monoisotopic (exact) mass is 139 g/mol. The number of carbonyl (C=O) groups is 1. The number of aromatic nitrogens is 2. The topological polar surface area (TPSA) is 60.9 Å². The molecule has 4 nitrogen and oxygen atoms in total. The first kappa shape index (κ1) is 6.95. The standard InChI is InChI=1S/C6H9N3O/c7-1-3-9-4-2-8-6(9)5-10/h2,4-5H,1,3,7H2. The van der Waals surface area contributed by atoms with Crippen molar-refractivity contribution in [3.63, 3.8) is 0 Å². The zero-order valence-electron chi connectivity index (χ0n) is 5.53. The van der Waals surface area contributed by atoms with Gasteiger partial charge in [-0.15, -0.1) is 0 Å². The summed E-state index contributed by atoms with van der Waals surface area (Å²) in [5.74, 6) is 0.436. The van der Waals surface area contributed by atoms with Gasteiger partial charge >= 0.3 is 0 Å². The van der Waals surface area contributed by atoms with E-state index in [4.69, 9.17) is 5.73 Å². The number of nitrogens with two attached hydrogens (primary N) is 1. The molecule has 0 aliphatic heterocycles. The fraction of sp³-hybridized carbons (Fsp3) is 0.333. The van der Waals surface area contributed by atoms with Gasteiger partial charge in [-0.1, -0.05) is 0 Å². The Morgan fingerprint density at radius 1 is 1.80 bits per heavy atom. The molecule has 1 rings (SSSR count). The predicted molar refractivity (Wildman–Crippen MR) is 36.7 cm³/mol. The highest BCUT2D eigenvalue weighted by Gasteiger charge is 1.96. The fourth-order valence-electron chi connectivity index (χ4n) is 0.767. The summed E-state index contributed by atoms with van der Waals surface area (Å²) in [5.41, 5.74) is 5.28. The zero-order valence-corrected chi connectivity index (χ0v) is 5.53. The Kier molecular flexibility index (Phi) is 2.17. The molecule has 0 bridgehead atoms. The molecule has 0 spiro atoms. The summed E-state index contributed by atoms with van der Waals surface area (Å²) in [6, 6.07) is 0. The summed E-state index contributed by atoms with van der Waals surface area (Å²) in [5, 5.41) is 0. The number of rotatable bonds is 3. The van der Waals surface area contributed by atoms with Crippen LogP contribution < -0.4 is 5.73 Å². The van der Waals surface area contributed by atoms with Gasteiger partial charge in [0.25, 0.3) is 0 Å². The maximum absolute atomic E-state index is 10.2. The van der Waals surface area contributed by atoms with E-state index in [9.17, 15) is 4.79 Å². The van der Waals surface area contributed by atoms with Gasteiger partial charge in [-0.2, -0.15) is 0 Å². The van der Waals surface area contributed by atoms with Crippen molar-refractivity contribution in [1.82, 2.24) is 9.55 Å². The van der Waals surface area contributed by atoms with Crippen LogP contribution in [0.4, 0.5) is 0 Å². The zero-order chi connectivity index (χ0) is 7.40. The molecule has 0 saturated carbocycles. The second kappa shape index (κ2) is 3.12. The van der Waals surface area contributed by atoms with Crippen molar-refractivity contribution in [1.29, 1.82) is 0 Å². The molecular weight excluding hydrogens is 130 g/mol. The van der Waals surface area contributed by atoms with Gasteiger partial charge in [0, 0.05) is 25.5 Å². The van der Waals surface area contributed by atoms with E-state index in [1.807, 2.05) is 0 Å². The van der Waals surface area contributed by atoms with E-state index in [1.54, 1.807) is 17.0 Å². The fourth-order valence-corrected chi connectivity index (χ4v) is 0.767. The van der Waals surface area contributed by atoms with Crippen molar-refractivity contribution in [2.45, 2.75) is 6.54 Å². The van der Waals surface area contributed by atoms with Crippen molar-refractivity contribution < 1.29 is 4.79 Å². The largest absolute Gasteiger partial charge is 0.329 e. The smallest absolute Gasteiger partial charge is 0.185 e. The lowest BCUT2D eigenvalue weighted by molar-refractivity contribution is 0.111. The van der Waals surface area contributed by atoms with Crippen LogP contribution in [0, 0.1) is 0 Å². The molecule has 1 aromatic rings. The maximum atomic E-state index is 10.2. The van der Waals surface area contributed by atoms with Gasteiger partial charge in [-0.05, 0) is 0 Å². The van der Waals surface area contributed by atoms with Crippen LogP contribution in [0.2, 0.25) is 0 Å². The molecule has 0 saturated heterocycles. The highest BCUT2D eigenvalue weighted by molar-refractivity contribution is 5.69. The lowest BCUT2D eigenvalue weighted by atomic mass is 10.6. The van der Waals surface area contributed by atoms with E-state index in [1.165, 1.54) is 0 Å². The van der Waals surface area contributed by atoms with Crippen molar-refractivity contribution in [3.05, 3.63) is 18.2 Å². The molecule has 1 heterocycles. The van der Waals surface area contributed by atoms with Crippen LogP contribution in [0.5, 0.6) is 0 Å². The third kappa shape index (κ3) is 1.22. The second-order valence-electron chi connectivity index (χ2n) is 1.89. The third-order valence-corrected chi connectivity index (χ3v) is 1.22. The van der Waals surface area contributed by atoms with Crippen molar-refractivity contribution in [2.75, 3.05) is 6.54 Å². The SMILES string of the molecule is NCCn1ccnc1C=O. The van der Waals surface area contributed by atoms with E-state index in [0.29, 0.717) is 18.9 Å². The summed E-state index contributed by atoms with van der Waals surface area (Å²) in [6.07, 6.45) is 4.03. The minimum absolute atomic E-state index is 0.436. The normalized spacial score (nSPS) is 9.70. The molecule has 4 heteroatoms. The summed E-state index contributed by atoms with van der Waals surface area (Å²) in [7, 11) is 0. The van der Waals surface area contributed by atoms with Crippen LogP contribution in [0.3, 0.4) is 0 Å². The molecule has 0 radical (unpaired) electrons. The Labute approximate surface area is 58.7 Å². The molecule has 0 amide bonds. The Balaban J connectivity index is 2.79. The lowest BCUT2D eigenvalue weighted by Crippen LogP contribution is -2.11. The van der Waals surface area contributed by atoms with Crippen molar-refractivity contribution >= 4 is 6.29 Å². The number of aldehydes is 1. The maximum Gasteiger partial charge on any atom is 0.185 e. The number of nitrogens with zero attached hydrogens (tertiary/aromatic N) is 2. The first-order valence-corrected chi connectivity index (χ1v) is 3.05. The Hall–Kier alpha value is -1.16. The molecule has 0 atom stereocenters. The van der Waals surface area contributed by atoms with E-state index in [0.717, 1.165) is 6.29 Å².